The van der Waals surface area contributed by atoms with Crippen molar-refractivity contribution in [2.24, 2.45) is 0 Å². The second-order valence-corrected chi connectivity index (χ2v) is 5.62. The molecule has 0 saturated carbocycles. The highest BCUT2D eigenvalue weighted by molar-refractivity contribution is 5.82. The van der Waals surface area contributed by atoms with Crippen molar-refractivity contribution >= 4 is 10.9 Å². The van der Waals surface area contributed by atoms with E-state index in [1.54, 1.807) is 16.9 Å². The Labute approximate surface area is 143 Å². The Kier molecular flexibility index (Phi) is 3.44. The molecule has 0 aliphatic heterocycles. The van der Waals surface area contributed by atoms with Crippen LogP contribution in [0.5, 0.6) is 5.75 Å². The maximum Gasteiger partial charge on any atom is 0.165 e. The third kappa shape index (κ3) is 2.50. The predicted octanol–water partition coefficient (Wildman–Crippen LogP) is 4.41. The summed E-state index contributed by atoms with van der Waals surface area (Å²) in [6, 6.07) is 19.8. The standard InChI is InChI=1S/C20H12FN3O/c21-18-9-15-12-23-24(19(15)10-20(18)25)16-7-5-13(6-8-16)17-4-2-1-3-14(17)11-22/h1-10,12,25H. The molecule has 4 nitrogen and oxygen atoms in total. The molecule has 0 amide bonds. The SMILES string of the molecule is N#Cc1ccccc1-c1ccc(-n2ncc3cc(F)c(O)cc32)cc1. The first-order valence-electron chi connectivity index (χ1n) is 7.63. The van der Waals surface area contributed by atoms with E-state index >= 15 is 0 Å². The number of aromatic nitrogens is 2. The van der Waals surface area contributed by atoms with Crippen molar-refractivity contribution in [3.05, 3.63) is 78.2 Å². The Morgan fingerprint density at radius 1 is 1.04 bits per heavy atom. The lowest BCUT2D eigenvalue weighted by atomic mass is 10.0. The molecule has 0 bridgehead atoms. The number of nitrogens with zero attached hydrogens (tertiary/aromatic N) is 3. The number of aromatic hydroxyl groups is 1. The average Bonchev–Trinajstić information content (AvgIpc) is 3.05. The Morgan fingerprint density at radius 2 is 1.80 bits per heavy atom. The van der Waals surface area contributed by atoms with E-state index < -0.39 is 11.6 Å². The largest absolute Gasteiger partial charge is 0.505 e. The van der Waals surface area contributed by atoms with Gasteiger partial charge < -0.3 is 5.11 Å². The van der Waals surface area contributed by atoms with E-state index in [-0.39, 0.29) is 0 Å². The summed E-state index contributed by atoms with van der Waals surface area (Å²) in [5.74, 6) is -1.08. The number of phenols is 1. The minimum absolute atomic E-state index is 0.409. The number of rotatable bonds is 2. The summed E-state index contributed by atoms with van der Waals surface area (Å²) in [4.78, 5) is 0. The van der Waals surface area contributed by atoms with Gasteiger partial charge in [-0.3, -0.25) is 0 Å². The molecule has 0 unspecified atom stereocenters. The molecule has 4 rings (SSSR count). The van der Waals surface area contributed by atoms with Crippen LogP contribution < -0.4 is 0 Å². The molecule has 0 aliphatic rings. The van der Waals surface area contributed by atoms with Crippen LogP contribution in [0.2, 0.25) is 0 Å². The summed E-state index contributed by atoms with van der Waals surface area (Å²) in [5, 5.41) is 23.7. The van der Waals surface area contributed by atoms with E-state index in [1.807, 2.05) is 42.5 Å². The van der Waals surface area contributed by atoms with Crippen LogP contribution in [-0.2, 0) is 0 Å². The molecule has 1 heterocycles. The van der Waals surface area contributed by atoms with Gasteiger partial charge in [0.1, 0.15) is 0 Å². The van der Waals surface area contributed by atoms with Crippen LogP contribution in [0.3, 0.4) is 0 Å². The molecule has 0 atom stereocenters. The molecule has 1 aromatic heterocycles. The quantitative estimate of drug-likeness (QED) is 0.592. The minimum atomic E-state index is -0.671. The highest BCUT2D eigenvalue weighted by atomic mass is 19.1. The van der Waals surface area contributed by atoms with Gasteiger partial charge in [0.25, 0.3) is 0 Å². The monoisotopic (exact) mass is 329 g/mol. The maximum atomic E-state index is 13.5. The highest BCUT2D eigenvalue weighted by Crippen LogP contribution is 2.28. The third-order valence-corrected chi connectivity index (χ3v) is 4.11. The molecule has 0 fully saturated rings. The Morgan fingerprint density at radius 3 is 2.56 bits per heavy atom. The number of phenolic OH excluding ortho intramolecular Hbond substituents is 1. The number of hydrogen-bond acceptors (Lipinski definition) is 3. The molecule has 1 N–H and O–H groups in total. The Balaban J connectivity index is 1.79. The lowest BCUT2D eigenvalue weighted by molar-refractivity contribution is 0.433. The van der Waals surface area contributed by atoms with E-state index in [4.69, 9.17) is 0 Å². The van der Waals surface area contributed by atoms with Crippen LogP contribution in [0.25, 0.3) is 27.7 Å². The summed E-state index contributed by atoms with van der Waals surface area (Å²) in [5.41, 5.74) is 3.79. The molecule has 0 spiro atoms. The van der Waals surface area contributed by atoms with Gasteiger partial charge in [-0.2, -0.15) is 10.4 Å². The lowest BCUT2D eigenvalue weighted by Gasteiger charge is -2.07. The zero-order valence-corrected chi connectivity index (χ0v) is 13.0. The number of fused-ring (bicyclic) bond motifs is 1. The normalized spacial score (nSPS) is 10.7. The van der Waals surface area contributed by atoms with Gasteiger partial charge in [-0.15, -0.1) is 0 Å². The van der Waals surface area contributed by atoms with E-state index in [2.05, 4.69) is 11.2 Å². The number of nitriles is 1. The van der Waals surface area contributed by atoms with E-state index in [9.17, 15) is 14.8 Å². The molecular weight excluding hydrogens is 317 g/mol. The first-order valence-corrected chi connectivity index (χ1v) is 7.63. The van der Waals surface area contributed by atoms with Gasteiger partial charge in [0.2, 0.25) is 0 Å². The minimum Gasteiger partial charge on any atom is -0.505 e. The fourth-order valence-corrected chi connectivity index (χ4v) is 2.86. The van der Waals surface area contributed by atoms with Crippen LogP contribution in [0.1, 0.15) is 5.56 Å². The molecule has 25 heavy (non-hydrogen) atoms. The van der Waals surface area contributed by atoms with Crippen molar-refractivity contribution in [3.8, 4) is 28.6 Å². The van der Waals surface area contributed by atoms with Crippen molar-refractivity contribution in [2.75, 3.05) is 0 Å². The maximum absolute atomic E-state index is 13.5. The Hall–Kier alpha value is -3.65. The van der Waals surface area contributed by atoms with E-state index in [0.717, 1.165) is 16.8 Å². The van der Waals surface area contributed by atoms with Crippen LogP contribution >= 0.6 is 0 Å². The van der Waals surface area contributed by atoms with Crippen LogP contribution in [0.4, 0.5) is 4.39 Å². The zero-order valence-electron chi connectivity index (χ0n) is 13.0. The number of benzene rings is 3. The Bertz CT molecular complexity index is 1120. The van der Waals surface area contributed by atoms with Crippen LogP contribution in [0.15, 0.2) is 66.9 Å². The average molecular weight is 329 g/mol. The highest BCUT2D eigenvalue weighted by Gasteiger charge is 2.10. The molecule has 0 saturated heterocycles. The molecule has 0 aliphatic carbocycles. The van der Waals surface area contributed by atoms with E-state index in [1.165, 1.54) is 12.1 Å². The predicted molar refractivity (Wildman–Crippen MR) is 92.8 cm³/mol. The molecule has 4 aromatic rings. The van der Waals surface area contributed by atoms with Gasteiger partial charge >= 0.3 is 0 Å². The van der Waals surface area contributed by atoms with Crippen molar-refractivity contribution < 1.29 is 9.50 Å². The first-order chi connectivity index (χ1) is 12.2. The molecule has 0 radical (unpaired) electrons. The van der Waals surface area contributed by atoms with Crippen molar-refractivity contribution in [1.82, 2.24) is 9.78 Å². The van der Waals surface area contributed by atoms with Crippen molar-refractivity contribution in [1.29, 1.82) is 5.26 Å². The van der Waals surface area contributed by atoms with Gasteiger partial charge in [0.05, 0.1) is 29.0 Å². The molecule has 5 heteroatoms. The van der Waals surface area contributed by atoms with Crippen molar-refractivity contribution in [3.63, 3.8) is 0 Å². The van der Waals surface area contributed by atoms with Gasteiger partial charge in [-0.1, -0.05) is 30.3 Å². The summed E-state index contributed by atoms with van der Waals surface area (Å²) < 4.78 is 15.1. The zero-order chi connectivity index (χ0) is 17.4. The molecular formula is C20H12FN3O. The van der Waals surface area contributed by atoms with Crippen LogP contribution in [0, 0.1) is 17.1 Å². The molecule has 3 aromatic carbocycles. The van der Waals surface area contributed by atoms with Gasteiger partial charge in [-0.25, -0.2) is 9.07 Å². The second-order valence-electron chi connectivity index (χ2n) is 5.62. The summed E-state index contributed by atoms with van der Waals surface area (Å²) in [6.07, 6.45) is 1.55. The second kappa shape index (κ2) is 5.77. The fraction of sp³-hybridized carbons (Fsp3) is 0. The van der Waals surface area contributed by atoms with Gasteiger partial charge in [0.15, 0.2) is 11.6 Å². The fourth-order valence-electron chi connectivity index (χ4n) is 2.86. The number of hydrogen-bond donors (Lipinski definition) is 1. The third-order valence-electron chi connectivity index (χ3n) is 4.11. The summed E-state index contributed by atoms with van der Waals surface area (Å²) in [6.45, 7) is 0. The topological polar surface area (TPSA) is 61.8 Å². The summed E-state index contributed by atoms with van der Waals surface area (Å²) >= 11 is 0. The van der Waals surface area contributed by atoms with Gasteiger partial charge in [0, 0.05) is 11.5 Å². The first kappa shape index (κ1) is 14.9. The van der Waals surface area contributed by atoms with Crippen LogP contribution in [-0.4, -0.2) is 14.9 Å². The summed E-state index contributed by atoms with van der Waals surface area (Å²) in [7, 11) is 0. The van der Waals surface area contributed by atoms with Gasteiger partial charge in [-0.05, 0) is 35.4 Å². The number of halogens is 1. The smallest absolute Gasteiger partial charge is 0.165 e. The molecule has 120 valence electrons. The van der Waals surface area contributed by atoms with E-state index in [0.29, 0.717) is 16.5 Å². The lowest BCUT2D eigenvalue weighted by Crippen LogP contribution is -1.96. The van der Waals surface area contributed by atoms with Crippen molar-refractivity contribution in [2.45, 2.75) is 0 Å².